The average molecular weight is 473 g/mol. The third kappa shape index (κ3) is 5.15. The molecule has 1 unspecified atom stereocenters. The Labute approximate surface area is 204 Å². The minimum atomic E-state index is -1.96. The number of carbonyl (C=O) groups is 3. The molecule has 0 aliphatic heterocycles. The summed E-state index contributed by atoms with van der Waals surface area (Å²) in [4.78, 5) is 39.5. The zero-order valence-electron chi connectivity index (χ0n) is 20.0. The number of hydrogen-bond donors (Lipinski definition) is 2. The second-order valence-corrected chi connectivity index (χ2v) is 7.99. The standard InChI is InChI=1S/C27H28N4O4/c1-4-31(27(29,18(3)32)26(34)35-5-2)22-13-14-23-21(15-22)7-6-8-24(23)25(33)30-17-20-11-9-19(16-28)10-12-20/h6-15H,4-5,17,29H2,1-3H3,(H,30,33). The third-order valence-corrected chi connectivity index (χ3v) is 5.82. The quantitative estimate of drug-likeness (QED) is 0.278. The largest absolute Gasteiger partial charge is 0.463 e. The van der Waals surface area contributed by atoms with Crippen molar-refractivity contribution in [2.75, 3.05) is 18.1 Å². The lowest BCUT2D eigenvalue weighted by molar-refractivity contribution is -0.153. The van der Waals surface area contributed by atoms with Gasteiger partial charge in [-0.05, 0) is 67.4 Å². The molecule has 8 heteroatoms. The highest BCUT2D eigenvalue weighted by Crippen LogP contribution is 2.29. The molecule has 0 bridgehead atoms. The number of amides is 1. The highest BCUT2D eigenvalue weighted by molar-refractivity contribution is 6.11. The van der Waals surface area contributed by atoms with Crippen LogP contribution in [0.25, 0.3) is 10.8 Å². The van der Waals surface area contributed by atoms with Crippen LogP contribution < -0.4 is 16.0 Å². The number of benzene rings is 3. The van der Waals surface area contributed by atoms with Crippen LogP contribution in [-0.4, -0.2) is 36.5 Å². The molecular formula is C27H28N4O4. The van der Waals surface area contributed by atoms with Crippen LogP contribution in [0.4, 0.5) is 5.69 Å². The smallest absolute Gasteiger partial charge is 0.355 e. The van der Waals surface area contributed by atoms with Gasteiger partial charge in [-0.25, -0.2) is 4.79 Å². The maximum atomic E-state index is 12.9. The van der Waals surface area contributed by atoms with Gasteiger partial charge in [-0.1, -0.05) is 30.3 Å². The summed E-state index contributed by atoms with van der Waals surface area (Å²) in [5, 5.41) is 13.3. The van der Waals surface area contributed by atoms with Crippen LogP contribution in [-0.2, 0) is 20.9 Å². The van der Waals surface area contributed by atoms with Gasteiger partial charge in [0.2, 0.25) is 5.66 Å². The first-order chi connectivity index (χ1) is 16.8. The molecule has 0 fully saturated rings. The first-order valence-electron chi connectivity index (χ1n) is 11.3. The van der Waals surface area contributed by atoms with E-state index in [9.17, 15) is 14.4 Å². The molecule has 3 N–H and O–H groups in total. The molecule has 0 aliphatic carbocycles. The van der Waals surface area contributed by atoms with E-state index in [1.165, 1.54) is 11.8 Å². The van der Waals surface area contributed by atoms with Gasteiger partial charge in [-0.3, -0.25) is 15.3 Å². The second-order valence-electron chi connectivity index (χ2n) is 7.99. The predicted molar refractivity (Wildman–Crippen MR) is 134 cm³/mol. The van der Waals surface area contributed by atoms with E-state index in [0.717, 1.165) is 10.9 Å². The number of esters is 1. The van der Waals surface area contributed by atoms with Crippen molar-refractivity contribution in [3.05, 3.63) is 77.4 Å². The van der Waals surface area contributed by atoms with Gasteiger partial charge in [-0.15, -0.1) is 0 Å². The molecule has 1 atom stereocenters. The minimum Gasteiger partial charge on any atom is -0.463 e. The molecule has 3 aromatic rings. The molecule has 0 aromatic heterocycles. The molecule has 180 valence electrons. The number of nitriles is 1. The van der Waals surface area contributed by atoms with Crippen molar-refractivity contribution in [3.63, 3.8) is 0 Å². The SMILES string of the molecule is CCOC(=O)C(N)(C(C)=O)N(CC)c1ccc2c(C(=O)NCc3ccc(C#N)cc3)cccc2c1. The van der Waals surface area contributed by atoms with E-state index in [4.69, 9.17) is 15.7 Å². The molecule has 0 saturated heterocycles. The van der Waals surface area contributed by atoms with Crippen molar-refractivity contribution in [1.29, 1.82) is 5.26 Å². The van der Waals surface area contributed by atoms with Crippen LogP contribution >= 0.6 is 0 Å². The fourth-order valence-corrected chi connectivity index (χ4v) is 3.93. The Morgan fingerprint density at radius 3 is 2.40 bits per heavy atom. The van der Waals surface area contributed by atoms with Crippen LogP contribution in [0.1, 0.15) is 42.3 Å². The topological polar surface area (TPSA) is 126 Å². The van der Waals surface area contributed by atoms with Gasteiger partial charge in [-0.2, -0.15) is 5.26 Å². The number of likely N-dealkylation sites (N-methyl/N-ethyl adjacent to an activating group) is 1. The number of anilines is 1. The van der Waals surface area contributed by atoms with Crippen LogP contribution in [0.5, 0.6) is 0 Å². The normalized spacial score (nSPS) is 12.3. The van der Waals surface area contributed by atoms with Gasteiger partial charge in [0.25, 0.3) is 5.91 Å². The fraction of sp³-hybridized carbons (Fsp3) is 0.259. The number of nitrogens with zero attached hydrogens (tertiary/aromatic N) is 2. The first kappa shape index (κ1) is 25.4. The molecule has 35 heavy (non-hydrogen) atoms. The Hall–Kier alpha value is -4.22. The van der Waals surface area contributed by atoms with Gasteiger partial charge < -0.3 is 15.0 Å². The van der Waals surface area contributed by atoms with E-state index < -0.39 is 17.4 Å². The number of rotatable bonds is 9. The highest BCUT2D eigenvalue weighted by atomic mass is 16.5. The number of nitrogens with one attached hydrogen (secondary N) is 1. The summed E-state index contributed by atoms with van der Waals surface area (Å²) in [5.74, 6) is -1.59. The van der Waals surface area contributed by atoms with Crippen LogP contribution in [0.15, 0.2) is 60.7 Å². The lowest BCUT2D eigenvalue weighted by Gasteiger charge is -2.38. The van der Waals surface area contributed by atoms with Gasteiger partial charge in [0.15, 0.2) is 5.78 Å². The number of ether oxygens (including phenoxy) is 1. The zero-order valence-corrected chi connectivity index (χ0v) is 20.0. The molecule has 0 aliphatic rings. The molecule has 0 heterocycles. The predicted octanol–water partition coefficient (Wildman–Crippen LogP) is 3.27. The average Bonchev–Trinajstić information content (AvgIpc) is 2.87. The maximum absolute atomic E-state index is 12.9. The van der Waals surface area contributed by atoms with Gasteiger partial charge >= 0.3 is 5.97 Å². The number of hydrogen-bond acceptors (Lipinski definition) is 7. The van der Waals surface area contributed by atoms with E-state index in [1.807, 2.05) is 6.07 Å². The maximum Gasteiger partial charge on any atom is 0.355 e. The summed E-state index contributed by atoms with van der Waals surface area (Å²) in [5.41, 5.74) is 6.82. The van der Waals surface area contributed by atoms with E-state index in [0.29, 0.717) is 28.7 Å². The van der Waals surface area contributed by atoms with Gasteiger partial charge in [0.05, 0.1) is 18.2 Å². The number of nitrogens with two attached hydrogens (primary N) is 1. The van der Waals surface area contributed by atoms with E-state index >= 15 is 0 Å². The number of carbonyl (C=O) groups excluding carboxylic acids is 3. The lowest BCUT2D eigenvalue weighted by atomic mass is 10.00. The number of ketones is 1. The fourth-order valence-electron chi connectivity index (χ4n) is 3.93. The summed E-state index contributed by atoms with van der Waals surface area (Å²) in [7, 11) is 0. The van der Waals surface area contributed by atoms with E-state index in [1.54, 1.807) is 68.4 Å². The summed E-state index contributed by atoms with van der Waals surface area (Å²) in [6.45, 7) is 5.40. The molecular weight excluding hydrogens is 444 g/mol. The van der Waals surface area contributed by atoms with Gasteiger partial charge in [0, 0.05) is 24.3 Å². The Balaban J connectivity index is 1.91. The molecule has 0 spiro atoms. The van der Waals surface area contributed by atoms with E-state index in [-0.39, 0.29) is 19.1 Å². The number of Topliss-reactive ketones (excluding diaryl/α,β-unsaturated/α-hetero) is 1. The molecule has 3 rings (SSSR count). The lowest BCUT2D eigenvalue weighted by Crippen LogP contribution is -2.67. The van der Waals surface area contributed by atoms with Crippen molar-refractivity contribution in [2.45, 2.75) is 33.0 Å². The zero-order chi connectivity index (χ0) is 25.6. The van der Waals surface area contributed by atoms with Crippen LogP contribution in [0, 0.1) is 11.3 Å². The van der Waals surface area contributed by atoms with Crippen LogP contribution in [0.3, 0.4) is 0 Å². The first-order valence-corrected chi connectivity index (χ1v) is 11.3. The Bertz CT molecular complexity index is 1300. The molecule has 3 aromatic carbocycles. The Morgan fingerprint density at radius 1 is 1.09 bits per heavy atom. The summed E-state index contributed by atoms with van der Waals surface area (Å²) in [6.07, 6.45) is 0. The third-order valence-electron chi connectivity index (χ3n) is 5.82. The molecule has 0 saturated carbocycles. The Kier molecular flexibility index (Phi) is 7.84. The van der Waals surface area contributed by atoms with Crippen molar-refractivity contribution in [2.24, 2.45) is 5.73 Å². The summed E-state index contributed by atoms with van der Waals surface area (Å²) >= 11 is 0. The highest BCUT2D eigenvalue weighted by Gasteiger charge is 2.46. The summed E-state index contributed by atoms with van der Waals surface area (Å²) in [6, 6.07) is 19.7. The van der Waals surface area contributed by atoms with Crippen LogP contribution in [0.2, 0.25) is 0 Å². The number of fused-ring (bicyclic) bond motifs is 1. The molecule has 0 radical (unpaired) electrons. The van der Waals surface area contributed by atoms with Crippen molar-refractivity contribution < 1.29 is 19.1 Å². The monoisotopic (exact) mass is 472 g/mol. The Morgan fingerprint density at radius 2 is 1.80 bits per heavy atom. The van der Waals surface area contributed by atoms with Crippen molar-refractivity contribution in [1.82, 2.24) is 5.32 Å². The van der Waals surface area contributed by atoms with Gasteiger partial charge in [0.1, 0.15) is 0 Å². The minimum absolute atomic E-state index is 0.0985. The summed E-state index contributed by atoms with van der Waals surface area (Å²) < 4.78 is 5.09. The molecule has 1 amide bonds. The molecule has 8 nitrogen and oxygen atoms in total. The van der Waals surface area contributed by atoms with E-state index in [2.05, 4.69) is 11.4 Å². The van der Waals surface area contributed by atoms with Crippen molar-refractivity contribution in [3.8, 4) is 6.07 Å². The van der Waals surface area contributed by atoms with Crippen molar-refractivity contribution >= 4 is 34.1 Å². The second kappa shape index (κ2) is 10.8.